The molecule has 4 nitrogen and oxygen atoms in total. The molecule has 0 unspecified atom stereocenters. The Labute approximate surface area is 110 Å². The molecule has 0 heterocycles. The van der Waals surface area contributed by atoms with E-state index >= 15 is 0 Å². The normalized spacial score (nSPS) is 11.1. The SMILES string of the molecule is CCOC(=O)/C(=C\c1ccc(O)cc1)C(=O)CCl. The largest absolute Gasteiger partial charge is 0.508 e. The number of rotatable bonds is 5. The molecular formula is C13H13ClO4. The van der Waals surface area contributed by atoms with E-state index in [1.54, 1.807) is 19.1 Å². The third kappa shape index (κ3) is 3.89. The summed E-state index contributed by atoms with van der Waals surface area (Å²) in [5.41, 5.74) is 0.506. The molecule has 0 aliphatic carbocycles. The average Bonchev–Trinajstić information content (AvgIpc) is 2.37. The topological polar surface area (TPSA) is 63.6 Å². The summed E-state index contributed by atoms with van der Waals surface area (Å²) >= 11 is 5.44. The van der Waals surface area contributed by atoms with Crippen molar-refractivity contribution in [2.75, 3.05) is 12.5 Å². The zero-order valence-electron chi connectivity index (χ0n) is 9.85. The third-order valence-electron chi connectivity index (χ3n) is 2.12. The van der Waals surface area contributed by atoms with Gasteiger partial charge in [0.2, 0.25) is 0 Å². The van der Waals surface area contributed by atoms with Crippen molar-refractivity contribution in [3.8, 4) is 5.75 Å². The molecule has 0 fully saturated rings. The van der Waals surface area contributed by atoms with Crippen LogP contribution in [0.2, 0.25) is 0 Å². The van der Waals surface area contributed by atoms with Gasteiger partial charge < -0.3 is 9.84 Å². The van der Waals surface area contributed by atoms with E-state index in [2.05, 4.69) is 0 Å². The number of carbonyl (C=O) groups is 2. The van der Waals surface area contributed by atoms with E-state index in [1.165, 1.54) is 18.2 Å². The Hall–Kier alpha value is -1.81. The molecule has 0 amide bonds. The molecular weight excluding hydrogens is 256 g/mol. The Balaban J connectivity index is 3.05. The standard InChI is InChI=1S/C13H13ClO4/c1-2-18-13(17)11(12(16)8-14)7-9-3-5-10(15)6-4-9/h3-7,15H,2,8H2,1H3/b11-7-. The molecule has 18 heavy (non-hydrogen) atoms. The highest BCUT2D eigenvalue weighted by atomic mass is 35.5. The van der Waals surface area contributed by atoms with Gasteiger partial charge in [0, 0.05) is 0 Å². The number of benzene rings is 1. The highest BCUT2D eigenvalue weighted by molar-refractivity contribution is 6.35. The zero-order chi connectivity index (χ0) is 13.5. The smallest absolute Gasteiger partial charge is 0.341 e. The summed E-state index contributed by atoms with van der Waals surface area (Å²) in [5.74, 6) is -1.38. The lowest BCUT2D eigenvalue weighted by Crippen LogP contribution is -2.16. The summed E-state index contributed by atoms with van der Waals surface area (Å²) in [5, 5.41) is 9.14. The molecule has 0 atom stereocenters. The monoisotopic (exact) mass is 268 g/mol. The van der Waals surface area contributed by atoms with Gasteiger partial charge in [0.1, 0.15) is 11.3 Å². The fraction of sp³-hybridized carbons (Fsp3) is 0.231. The van der Waals surface area contributed by atoms with Crippen LogP contribution in [0.5, 0.6) is 5.75 Å². The van der Waals surface area contributed by atoms with E-state index in [-0.39, 0.29) is 23.8 Å². The van der Waals surface area contributed by atoms with Crippen LogP contribution >= 0.6 is 11.6 Å². The second kappa shape index (κ2) is 6.81. The van der Waals surface area contributed by atoms with Gasteiger partial charge in [-0.2, -0.15) is 0 Å². The van der Waals surface area contributed by atoms with Crippen LogP contribution in [0.1, 0.15) is 12.5 Å². The Kier molecular flexibility index (Phi) is 5.39. The molecule has 1 aromatic carbocycles. The van der Waals surface area contributed by atoms with Crippen molar-refractivity contribution in [2.24, 2.45) is 0 Å². The fourth-order valence-corrected chi connectivity index (χ4v) is 1.42. The van der Waals surface area contributed by atoms with Gasteiger partial charge in [-0.25, -0.2) is 4.79 Å². The van der Waals surface area contributed by atoms with Crippen molar-refractivity contribution in [1.29, 1.82) is 0 Å². The maximum Gasteiger partial charge on any atom is 0.341 e. The van der Waals surface area contributed by atoms with Crippen LogP contribution in [0, 0.1) is 0 Å². The lowest BCUT2D eigenvalue weighted by Gasteiger charge is -2.04. The number of hydrogen-bond donors (Lipinski definition) is 1. The minimum absolute atomic E-state index is 0.0995. The molecule has 0 bridgehead atoms. The van der Waals surface area contributed by atoms with Crippen molar-refractivity contribution >= 4 is 29.4 Å². The maximum atomic E-state index is 11.6. The number of Topliss-reactive ketones (excluding diaryl/α,β-unsaturated/α-hetero) is 1. The van der Waals surface area contributed by atoms with Crippen LogP contribution in [0.3, 0.4) is 0 Å². The van der Waals surface area contributed by atoms with Crippen molar-refractivity contribution in [3.05, 3.63) is 35.4 Å². The molecule has 1 aromatic rings. The number of carbonyl (C=O) groups excluding carboxylic acids is 2. The molecule has 0 spiro atoms. The molecule has 0 saturated carbocycles. The lowest BCUT2D eigenvalue weighted by molar-refractivity contribution is -0.139. The summed E-state index contributed by atoms with van der Waals surface area (Å²) in [7, 11) is 0. The van der Waals surface area contributed by atoms with E-state index in [0.29, 0.717) is 5.56 Å². The number of phenols is 1. The number of aromatic hydroxyl groups is 1. The summed E-state index contributed by atoms with van der Waals surface area (Å²) < 4.78 is 4.79. The minimum Gasteiger partial charge on any atom is -0.508 e. The first kappa shape index (κ1) is 14.3. The third-order valence-corrected chi connectivity index (χ3v) is 2.36. The van der Waals surface area contributed by atoms with E-state index in [1.807, 2.05) is 0 Å². The number of esters is 1. The van der Waals surface area contributed by atoms with Gasteiger partial charge in [0.25, 0.3) is 0 Å². The molecule has 0 aliphatic heterocycles. The maximum absolute atomic E-state index is 11.6. The molecule has 0 aliphatic rings. The number of ether oxygens (including phenoxy) is 1. The number of alkyl halides is 1. The summed E-state index contributed by atoms with van der Waals surface area (Å²) in [6, 6.07) is 6.08. The van der Waals surface area contributed by atoms with Gasteiger partial charge in [-0.3, -0.25) is 4.79 Å². The molecule has 1 N–H and O–H groups in total. The number of halogens is 1. The van der Waals surface area contributed by atoms with Crippen LogP contribution in [0.15, 0.2) is 29.8 Å². The predicted molar refractivity (Wildman–Crippen MR) is 68.4 cm³/mol. The van der Waals surface area contributed by atoms with Crippen LogP contribution < -0.4 is 0 Å². The van der Waals surface area contributed by atoms with Crippen LogP contribution in [0.4, 0.5) is 0 Å². The van der Waals surface area contributed by atoms with Crippen molar-refractivity contribution in [3.63, 3.8) is 0 Å². The summed E-state index contributed by atoms with van der Waals surface area (Å²) in [4.78, 5) is 23.1. The number of ketones is 1. The van der Waals surface area contributed by atoms with Crippen molar-refractivity contribution in [1.82, 2.24) is 0 Å². The second-order valence-electron chi connectivity index (χ2n) is 3.43. The predicted octanol–water partition coefficient (Wildman–Crippen LogP) is 2.15. The van der Waals surface area contributed by atoms with Gasteiger partial charge in [-0.15, -0.1) is 11.6 Å². The molecule has 0 aromatic heterocycles. The quantitative estimate of drug-likeness (QED) is 0.292. The minimum atomic E-state index is -0.698. The summed E-state index contributed by atoms with van der Waals surface area (Å²) in [6.45, 7) is 1.84. The Morgan fingerprint density at radius 2 is 1.94 bits per heavy atom. The Bertz CT molecular complexity index is 462. The Morgan fingerprint density at radius 1 is 1.33 bits per heavy atom. The molecule has 0 saturated heterocycles. The van der Waals surface area contributed by atoms with Gasteiger partial charge >= 0.3 is 5.97 Å². The number of phenolic OH excluding ortho intramolecular Hbond substituents is 1. The van der Waals surface area contributed by atoms with E-state index in [4.69, 9.17) is 21.4 Å². The average molecular weight is 269 g/mol. The zero-order valence-corrected chi connectivity index (χ0v) is 10.6. The van der Waals surface area contributed by atoms with Crippen molar-refractivity contribution in [2.45, 2.75) is 6.92 Å². The van der Waals surface area contributed by atoms with Crippen molar-refractivity contribution < 1.29 is 19.4 Å². The lowest BCUT2D eigenvalue weighted by atomic mass is 10.1. The first-order valence-corrected chi connectivity index (χ1v) is 5.89. The molecule has 96 valence electrons. The van der Waals surface area contributed by atoms with Crippen LogP contribution in [0.25, 0.3) is 6.08 Å². The molecule has 0 radical (unpaired) electrons. The first-order valence-electron chi connectivity index (χ1n) is 5.35. The van der Waals surface area contributed by atoms with Gasteiger partial charge in [0.05, 0.1) is 12.5 Å². The first-order chi connectivity index (χ1) is 8.58. The van der Waals surface area contributed by atoms with Gasteiger partial charge in [-0.1, -0.05) is 12.1 Å². The van der Waals surface area contributed by atoms with Crippen LogP contribution in [-0.4, -0.2) is 29.3 Å². The van der Waals surface area contributed by atoms with E-state index in [9.17, 15) is 9.59 Å². The van der Waals surface area contributed by atoms with E-state index < -0.39 is 11.8 Å². The second-order valence-corrected chi connectivity index (χ2v) is 3.69. The number of hydrogen-bond acceptors (Lipinski definition) is 4. The summed E-state index contributed by atoms with van der Waals surface area (Å²) in [6.07, 6.45) is 1.39. The molecule has 5 heteroatoms. The highest BCUT2D eigenvalue weighted by Crippen LogP contribution is 2.14. The van der Waals surface area contributed by atoms with Gasteiger partial charge in [0.15, 0.2) is 5.78 Å². The van der Waals surface area contributed by atoms with Gasteiger partial charge in [-0.05, 0) is 30.7 Å². The highest BCUT2D eigenvalue weighted by Gasteiger charge is 2.18. The van der Waals surface area contributed by atoms with E-state index in [0.717, 1.165) is 0 Å². The fourth-order valence-electron chi connectivity index (χ4n) is 1.27. The Morgan fingerprint density at radius 3 is 2.44 bits per heavy atom. The molecule has 1 rings (SSSR count). The van der Waals surface area contributed by atoms with Crippen LogP contribution in [-0.2, 0) is 14.3 Å².